The van der Waals surface area contributed by atoms with Gasteiger partial charge in [-0.05, 0) is 79.2 Å². The van der Waals surface area contributed by atoms with Crippen molar-refractivity contribution < 1.29 is 4.79 Å². The van der Waals surface area contributed by atoms with Gasteiger partial charge in [0.15, 0.2) is 0 Å². The zero-order chi connectivity index (χ0) is 17.7. The van der Waals surface area contributed by atoms with E-state index in [4.69, 9.17) is 0 Å². The largest absolute Gasteiger partial charge is 0.378 e. The van der Waals surface area contributed by atoms with Crippen LogP contribution in [0.5, 0.6) is 0 Å². The Labute approximate surface area is 155 Å². The van der Waals surface area contributed by atoms with Gasteiger partial charge in [-0.3, -0.25) is 4.79 Å². The summed E-state index contributed by atoms with van der Waals surface area (Å²) < 4.78 is 0. The molecule has 26 heavy (non-hydrogen) atoms. The van der Waals surface area contributed by atoms with Gasteiger partial charge in [0, 0.05) is 17.8 Å². The lowest BCUT2D eigenvalue weighted by molar-refractivity contribution is 0.0955. The zero-order valence-electron chi connectivity index (χ0n) is 15.2. The quantitative estimate of drug-likeness (QED) is 0.843. The van der Waals surface area contributed by atoms with Crippen molar-refractivity contribution in [2.24, 2.45) is 17.8 Å². The third-order valence-electron chi connectivity index (χ3n) is 6.85. The van der Waals surface area contributed by atoms with Crippen molar-refractivity contribution in [3.05, 3.63) is 65.2 Å². The van der Waals surface area contributed by atoms with E-state index in [1.807, 2.05) is 13.0 Å². The molecule has 5 rings (SSSR count). The summed E-state index contributed by atoms with van der Waals surface area (Å²) in [5, 5.41) is 6.77. The first kappa shape index (κ1) is 15.9. The number of rotatable bonds is 3. The predicted molar refractivity (Wildman–Crippen MR) is 104 cm³/mol. The second kappa shape index (κ2) is 6.15. The van der Waals surface area contributed by atoms with Gasteiger partial charge in [-0.1, -0.05) is 30.3 Å². The smallest absolute Gasteiger partial charge is 0.251 e. The Balaban J connectivity index is 1.58. The summed E-state index contributed by atoms with van der Waals surface area (Å²) in [4.78, 5) is 12.3. The van der Waals surface area contributed by atoms with Gasteiger partial charge >= 0.3 is 0 Å². The molecule has 0 unspecified atom stereocenters. The molecule has 1 heterocycles. The number of hydrogen-bond acceptors (Lipinski definition) is 2. The van der Waals surface area contributed by atoms with Gasteiger partial charge < -0.3 is 10.6 Å². The summed E-state index contributed by atoms with van der Waals surface area (Å²) in [6, 6.07) is 17.5. The summed E-state index contributed by atoms with van der Waals surface area (Å²) in [6.07, 6.45) is 4.06. The van der Waals surface area contributed by atoms with Gasteiger partial charge in [0.2, 0.25) is 0 Å². The maximum atomic E-state index is 12.3. The van der Waals surface area contributed by atoms with E-state index in [-0.39, 0.29) is 5.91 Å². The van der Waals surface area contributed by atoms with Crippen LogP contribution in [-0.2, 0) is 0 Å². The number of fused-ring (bicyclic) bond motifs is 7. The molecule has 1 aliphatic heterocycles. The summed E-state index contributed by atoms with van der Waals surface area (Å²) in [5.74, 6) is 2.86. The molecule has 2 saturated carbocycles. The van der Waals surface area contributed by atoms with E-state index in [0.717, 1.165) is 17.4 Å². The van der Waals surface area contributed by atoms with Crippen LogP contribution in [0.1, 0.15) is 59.6 Å². The van der Waals surface area contributed by atoms with Crippen LogP contribution in [0.4, 0.5) is 5.69 Å². The second-order valence-electron chi connectivity index (χ2n) is 8.13. The van der Waals surface area contributed by atoms with Gasteiger partial charge in [0.1, 0.15) is 0 Å². The molecule has 2 fully saturated rings. The molecule has 0 radical (unpaired) electrons. The van der Waals surface area contributed by atoms with Gasteiger partial charge in [-0.2, -0.15) is 0 Å². The van der Waals surface area contributed by atoms with Crippen LogP contribution in [0.15, 0.2) is 48.5 Å². The highest BCUT2D eigenvalue weighted by molar-refractivity contribution is 5.95. The molecule has 0 saturated heterocycles. The van der Waals surface area contributed by atoms with E-state index in [9.17, 15) is 4.79 Å². The lowest BCUT2D eigenvalue weighted by Crippen LogP contribution is -2.35. The SMILES string of the molecule is CCNC(=O)c1ccc2c(c1)[C@H]1[C@@H]3CC[C@@H](C3)[C@@H]1[C@H](c1ccccc1)N2. The van der Waals surface area contributed by atoms with Crippen LogP contribution in [0.25, 0.3) is 0 Å². The minimum Gasteiger partial charge on any atom is -0.378 e. The Morgan fingerprint density at radius 3 is 2.73 bits per heavy atom. The van der Waals surface area contributed by atoms with Crippen LogP contribution < -0.4 is 10.6 Å². The molecule has 3 heteroatoms. The molecule has 3 aliphatic rings. The molecule has 2 aliphatic carbocycles. The van der Waals surface area contributed by atoms with Crippen LogP contribution in [0.2, 0.25) is 0 Å². The molecule has 2 aromatic carbocycles. The highest BCUT2D eigenvalue weighted by atomic mass is 16.1. The zero-order valence-corrected chi connectivity index (χ0v) is 15.2. The van der Waals surface area contributed by atoms with E-state index < -0.39 is 0 Å². The molecular weight excluding hydrogens is 320 g/mol. The van der Waals surface area contributed by atoms with Crippen LogP contribution in [-0.4, -0.2) is 12.5 Å². The van der Waals surface area contributed by atoms with Gasteiger partial charge in [0.05, 0.1) is 6.04 Å². The fourth-order valence-electron chi connectivity index (χ4n) is 5.88. The fourth-order valence-corrected chi connectivity index (χ4v) is 5.88. The lowest BCUT2D eigenvalue weighted by Gasteiger charge is -2.43. The maximum absolute atomic E-state index is 12.3. The van der Waals surface area contributed by atoms with Crippen molar-refractivity contribution in [3.63, 3.8) is 0 Å². The Kier molecular flexibility index (Phi) is 3.77. The Morgan fingerprint density at radius 2 is 1.92 bits per heavy atom. The number of amides is 1. The van der Waals surface area contributed by atoms with Gasteiger partial charge in [-0.15, -0.1) is 0 Å². The first-order valence-electron chi connectivity index (χ1n) is 10.00. The molecule has 0 spiro atoms. The number of carbonyl (C=O) groups is 1. The summed E-state index contributed by atoms with van der Waals surface area (Å²) in [6.45, 7) is 2.63. The molecule has 5 atom stereocenters. The third kappa shape index (κ3) is 2.37. The molecule has 1 amide bonds. The molecule has 2 aromatic rings. The monoisotopic (exact) mass is 346 g/mol. The third-order valence-corrected chi connectivity index (χ3v) is 6.85. The second-order valence-corrected chi connectivity index (χ2v) is 8.13. The van der Waals surface area contributed by atoms with Crippen molar-refractivity contribution in [1.29, 1.82) is 0 Å². The molecule has 2 N–H and O–H groups in total. The lowest BCUT2D eigenvalue weighted by atomic mass is 9.68. The van der Waals surface area contributed by atoms with Crippen molar-refractivity contribution >= 4 is 11.6 Å². The molecule has 3 nitrogen and oxygen atoms in total. The van der Waals surface area contributed by atoms with E-state index in [0.29, 0.717) is 24.4 Å². The first-order valence-corrected chi connectivity index (χ1v) is 10.00. The molecule has 2 bridgehead atoms. The van der Waals surface area contributed by atoms with Crippen LogP contribution in [0.3, 0.4) is 0 Å². The number of nitrogens with one attached hydrogen (secondary N) is 2. The normalized spacial score (nSPS) is 31.0. The van der Waals surface area contributed by atoms with Gasteiger partial charge in [-0.25, -0.2) is 0 Å². The fraction of sp³-hybridized carbons (Fsp3) is 0.435. The van der Waals surface area contributed by atoms with Crippen molar-refractivity contribution in [3.8, 4) is 0 Å². The van der Waals surface area contributed by atoms with Crippen LogP contribution >= 0.6 is 0 Å². The predicted octanol–water partition coefficient (Wildman–Crippen LogP) is 4.73. The number of anilines is 1. The number of hydrogen-bond donors (Lipinski definition) is 2. The first-order chi connectivity index (χ1) is 12.8. The minimum absolute atomic E-state index is 0.0418. The van der Waals surface area contributed by atoms with Crippen molar-refractivity contribution in [2.45, 2.75) is 38.1 Å². The summed E-state index contributed by atoms with van der Waals surface area (Å²) >= 11 is 0. The van der Waals surface area contributed by atoms with Crippen molar-refractivity contribution in [2.75, 3.05) is 11.9 Å². The Morgan fingerprint density at radius 1 is 1.12 bits per heavy atom. The van der Waals surface area contributed by atoms with Gasteiger partial charge in [0.25, 0.3) is 5.91 Å². The highest BCUT2D eigenvalue weighted by Crippen LogP contribution is 2.63. The molecular formula is C23H26N2O. The standard InChI is InChI=1S/C23H26N2O/c1-2-24-23(26)17-10-11-19-18(13-17)20-15-8-9-16(12-15)21(20)22(25-19)14-6-4-3-5-7-14/h3-7,10-11,13,15-16,20-22,25H,2,8-9,12H2,1H3,(H,24,26)/t15-,16+,20-,21+,22+/m1/s1. The number of carbonyl (C=O) groups excluding carboxylic acids is 1. The van der Waals surface area contributed by atoms with E-state index >= 15 is 0 Å². The topological polar surface area (TPSA) is 41.1 Å². The summed E-state index contributed by atoms with van der Waals surface area (Å²) in [7, 11) is 0. The Bertz CT molecular complexity index is 831. The molecule has 134 valence electrons. The van der Waals surface area contributed by atoms with Crippen molar-refractivity contribution in [1.82, 2.24) is 5.32 Å². The van der Waals surface area contributed by atoms with Crippen LogP contribution in [0, 0.1) is 17.8 Å². The molecule has 0 aromatic heterocycles. The average Bonchev–Trinajstić information content (AvgIpc) is 3.30. The average molecular weight is 346 g/mol. The highest BCUT2D eigenvalue weighted by Gasteiger charge is 2.53. The van der Waals surface area contributed by atoms with E-state index in [1.54, 1.807) is 0 Å². The Hall–Kier alpha value is -2.29. The van der Waals surface area contributed by atoms with E-state index in [1.165, 1.54) is 36.1 Å². The summed E-state index contributed by atoms with van der Waals surface area (Å²) in [5.41, 5.74) is 4.79. The van der Waals surface area contributed by atoms with E-state index in [2.05, 4.69) is 53.1 Å². The number of benzene rings is 2. The minimum atomic E-state index is 0.0418. The maximum Gasteiger partial charge on any atom is 0.251 e.